The summed E-state index contributed by atoms with van der Waals surface area (Å²) in [5.41, 5.74) is 1.04. The van der Waals surface area contributed by atoms with Crippen molar-refractivity contribution in [3.8, 4) is 0 Å². The molecule has 3 aromatic heterocycles. The first-order chi connectivity index (χ1) is 14.3. The average Bonchev–Trinajstić information content (AvgIpc) is 3.07. The first kappa shape index (κ1) is 20.2. The highest BCUT2D eigenvalue weighted by Gasteiger charge is 2.19. The van der Waals surface area contributed by atoms with Gasteiger partial charge < -0.3 is 5.32 Å². The monoisotopic (exact) mass is 507 g/mol. The largest absolute Gasteiger partial charge is 0.321 e. The number of hydrogen-bond donors (Lipinski definition) is 2. The third-order valence-corrected chi connectivity index (χ3v) is 6.15. The zero-order valence-corrected chi connectivity index (χ0v) is 18.0. The summed E-state index contributed by atoms with van der Waals surface area (Å²) in [4.78, 5) is 16.7. The van der Waals surface area contributed by atoms with Crippen molar-refractivity contribution in [1.29, 1.82) is 0 Å². The number of anilines is 2. The Kier molecular flexibility index (Phi) is 5.37. The normalized spacial score (nSPS) is 11.4. The van der Waals surface area contributed by atoms with E-state index in [1.807, 2.05) is 0 Å². The van der Waals surface area contributed by atoms with Crippen molar-refractivity contribution in [1.82, 2.24) is 24.8 Å². The second-order valence-electron chi connectivity index (χ2n) is 5.88. The first-order valence-electron chi connectivity index (χ1n) is 8.26. The summed E-state index contributed by atoms with van der Waals surface area (Å²) in [6.07, 6.45) is 3.26. The fourth-order valence-corrected chi connectivity index (χ4v) is 4.12. The first-order valence-corrected chi connectivity index (χ1v) is 10.9. The van der Waals surface area contributed by atoms with Crippen LogP contribution in [0.15, 0.2) is 64.2 Å². The SMILES string of the molecule is O=C(Nc1ccc(S(=O)(=O)Nc2ccc(Cl)nn2)cc1)c1nn2cccnc2c1Br. The molecule has 1 amide bonds. The molecule has 1 aromatic carbocycles. The Labute approximate surface area is 183 Å². The maximum atomic E-state index is 12.6. The van der Waals surface area contributed by atoms with Crippen LogP contribution in [-0.2, 0) is 10.0 Å². The highest BCUT2D eigenvalue weighted by molar-refractivity contribution is 9.10. The van der Waals surface area contributed by atoms with Gasteiger partial charge in [-0.25, -0.2) is 17.9 Å². The van der Waals surface area contributed by atoms with Gasteiger partial charge in [-0.1, -0.05) is 11.6 Å². The van der Waals surface area contributed by atoms with Crippen molar-refractivity contribution in [2.45, 2.75) is 4.90 Å². The van der Waals surface area contributed by atoms with Gasteiger partial charge in [0.2, 0.25) is 0 Å². The van der Waals surface area contributed by atoms with Gasteiger partial charge in [0.15, 0.2) is 22.3 Å². The summed E-state index contributed by atoms with van der Waals surface area (Å²) in [5, 5.41) is 14.2. The number of sulfonamides is 1. The molecule has 0 atom stereocenters. The molecule has 0 bridgehead atoms. The van der Waals surface area contributed by atoms with Crippen molar-refractivity contribution in [2.75, 3.05) is 10.0 Å². The average molecular weight is 509 g/mol. The number of amides is 1. The number of carbonyl (C=O) groups excluding carboxylic acids is 1. The maximum absolute atomic E-state index is 12.6. The van der Waals surface area contributed by atoms with Crippen LogP contribution in [0.25, 0.3) is 5.65 Å². The minimum atomic E-state index is -3.89. The van der Waals surface area contributed by atoms with Gasteiger partial charge in [-0.05, 0) is 58.4 Å². The summed E-state index contributed by atoms with van der Waals surface area (Å²) >= 11 is 8.96. The summed E-state index contributed by atoms with van der Waals surface area (Å²) in [6.45, 7) is 0. The van der Waals surface area contributed by atoms with Crippen molar-refractivity contribution >= 4 is 60.6 Å². The van der Waals surface area contributed by atoms with Gasteiger partial charge in [0.25, 0.3) is 15.9 Å². The third-order valence-electron chi connectivity index (χ3n) is 3.85. The van der Waals surface area contributed by atoms with E-state index >= 15 is 0 Å². The molecule has 152 valence electrons. The molecule has 3 heterocycles. The van der Waals surface area contributed by atoms with E-state index in [2.05, 4.69) is 46.2 Å². The van der Waals surface area contributed by atoms with E-state index < -0.39 is 15.9 Å². The molecule has 0 spiro atoms. The number of nitrogens with one attached hydrogen (secondary N) is 2. The molecule has 13 heteroatoms. The Hall–Kier alpha value is -3.09. The summed E-state index contributed by atoms with van der Waals surface area (Å²) in [6, 6.07) is 10.1. The van der Waals surface area contributed by atoms with Gasteiger partial charge >= 0.3 is 0 Å². The van der Waals surface area contributed by atoms with Crippen molar-refractivity contribution in [3.05, 3.63) is 70.2 Å². The van der Waals surface area contributed by atoms with Crippen LogP contribution in [0.1, 0.15) is 10.5 Å². The second kappa shape index (κ2) is 7.97. The zero-order valence-electron chi connectivity index (χ0n) is 14.8. The minimum absolute atomic E-state index is 0.0182. The van der Waals surface area contributed by atoms with Gasteiger partial charge in [0, 0.05) is 18.1 Å². The quantitative estimate of drug-likeness (QED) is 0.423. The van der Waals surface area contributed by atoms with Gasteiger partial charge in [-0.3, -0.25) is 9.52 Å². The molecule has 0 saturated heterocycles. The van der Waals surface area contributed by atoms with Crippen LogP contribution in [-0.4, -0.2) is 39.1 Å². The summed E-state index contributed by atoms with van der Waals surface area (Å²) in [5.74, 6) is -0.445. The Bertz CT molecular complexity index is 1340. The Balaban J connectivity index is 1.50. The standard InChI is InChI=1S/C17H11BrClN7O3S/c18-14-15(24-26-9-1-8-20-16(14)26)17(27)21-10-2-4-11(5-3-10)30(28,29)25-13-7-6-12(19)22-23-13/h1-9H,(H,21,27)(H,23,25). The van der Waals surface area contributed by atoms with Crippen LogP contribution < -0.4 is 10.0 Å². The number of aromatic nitrogens is 5. The molecular weight excluding hydrogens is 498 g/mol. The maximum Gasteiger partial charge on any atom is 0.277 e. The Morgan fingerprint density at radius 1 is 1.10 bits per heavy atom. The van der Waals surface area contributed by atoms with Crippen LogP contribution in [0.2, 0.25) is 5.15 Å². The van der Waals surface area contributed by atoms with Crippen molar-refractivity contribution in [3.63, 3.8) is 0 Å². The molecule has 0 saturated carbocycles. The number of nitrogens with zero attached hydrogens (tertiary/aromatic N) is 5. The molecular formula is C17H11BrClN7O3S. The van der Waals surface area contributed by atoms with Gasteiger partial charge in [-0.2, -0.15) is 5.10 Å². The molecule has 0 fully saturated rings. The molecule has 0 aliphatic rings. The van der Waals surface area contributed by atoms with E-state index in [4.69, 9.17) is 11.6 Å². The van der Waals surface area contributed by atoms with Crippen LogP contribution in [0, 0.1) is 0 Å². The number of rotatable bonds is 5. The predicted molar refractivity (Wildman–Crippen MR) is 113 cm³/mol. The highest BCUT2D eigenvalue weighted by Crippen LogP contribution is 2.22. The van der Waals surface area contributed by atoms with Crippen molar-refractivity contribution < 1.29 is 13.2 Å². The van der Waals surface area contributed by atoms with Crippen LogP contribution in [0.5, 0.6) is 0 Å². The zero-order chi connectivity index (χ0) is 21.3. The molecule has 0 radical (unpaired) electrons. The van der Waals surface area contributed by atoms with Gasteiger partial charge in [0.1, 0.15) is 0 Å². The van der Waals surface area contributed by atoms with E-state index in [1.165, 1.54) is 40.9 Å². The van der Waals surface area contributed by atoms with Crippen LogP contribution >= 0.6 is 27.5 Å². The minimum Gasteiger partial charge on any atom is -0.321 e. The topological polar surface area (TPSA) is 131 Å². The fraction of sp³-hybridized carbons (Fsp3) is 0. The van der Waals surface area contributed by atoms with Crippen molar-refractivity contribution in [2.24, 2.45) is 0 Å². The molecule has 0 unspecified atom stereocenters. The third kappa shape index (κ3) is 4.10. The predicted octanol–water partition coefficient (Wildman–Crippen LogP) is 2.99. The van der Waals surface area contributed by atoms with Crippen LogP contribution in [0.4, 0.5) is 11.5 Å². The molecule has 4 aromatic rings. The Morgan fingerprint density at radius 3 is 2.53 bits per heavy atom. The highest BCUT2D eigenvalue weighted by atomic mass is 79.9. The molecule has 2 N–H and O–H groups in total. The number of hydrogen-bond acceptors (Lipinski definition) is 7. The molecule has 30 heavy (non-hydrogen) atoms. The number of carbonyl (C=O) groups is 1. The lowest BCUT2D eigenvalue weighted by atomic mass is 10.3. The molecule has 4 rings (SSSR count). The molecule has 0 aliphatic heterocycles. The Morgan fingerprint density at radius 2 is 1.87 bits per heavy atom. The smallest absolute Gasteiger partial charge is 0.277 e. The summed E-state index contributed by atoms with van der Waals surface area (Å²) in [7, 11) is -3.89. The lowest BCUT2D eigenvalue weighted by Crippen LogP contribution is -2.15. The number of halogens is 2. The number of fused-ring (bicyclic) bond motifs is 1. The van der Waals surface area contributed by atoms with E-state index in [0.717, 1.165) is 0 Å². The van der Waals surface area contributed by atoms with Gasteiger partial charge in [0.05, 0.1) is 9.37 Å². The van der Waals surface area contributed by atoms with E-state index in [-0.39, 0.29) is 21.6 Å². The number of benzene rings is 1. The van der Waals surface area contributed by atoms with Gasteiger partial charge in [-0.15, -0.1) is 10.2 Å². The van der Waals surface area contributed by atoms with E-state index in [9.17, 15) is 13.2 Å². The van der Waals surface area contributed by atoms with E-state index in [1.54, 1.807) is 18.5 Å². The molecule has 10 nitrogen and oxygen atoms in total. The molecule has 0 aliphatic carbocycles. The van der Waals surface area contributed by atoms with E-state index in [0.29, 0.717) is 15.8 Å². The fourth-order valence-electron chi connectivity index (χ4n) is 2.48. The summed E-state index contributed by atoms with van der Waals surface area (Å²) < 4.78 is 29.1. The van der Waals surface area contributed by atoms with Crippen LogP contribution in [0.3, 0.4) is 0 Å². The second-order valence-corrected chi connectivity index (χ2v) is 8.74. The lowest BCUT2D eigenvalue weighted by molar-refractivity contribution is 0.102. The lowest BCUT2D eigenvalue weighted by Gasteiger charge is -2.08.